The summed E-state index contributed by atoms with van der Waals surface area (Å²) in [7, 11) is 0. The van der Waals surface area contributed by atoms with Crippen molar-refractivity contribution in [3.05, 3.63) is 29.3 Å². The van der Waals surface area contributed by atoms with Gasteiger partial charge in [-0.3, -0.25) is 9.80 Å². The molecule has 1 fully saturated rings. The van der Waals surface area contributed by atoms with Crippen molar-refractivity contribution in [2.75, 3.05) is 33.3 Å². The Balaban J connectivity index is 1.63. The van der Waals surface area contributed by atoms with Gasteiger partial charge in [-0.05, 0) is 19.4 Å². The van der Waals surface area contributed by atoms with E-state index in [1.54, 1.807) is 0 Å². The van der Waals surface area contributed by atoms with E-state index >= 15 is 0 Å². The van der Waals surface area contributed by atoms with Crippen LogP contribution in [0.2, 0.25) is 0 Å². The van der Waals surface area contributed by atoms with E-state index in [0.717, 1.165) is 45.3 Å². The number of hydrogen-bond acceptors (Lipinski definition) is 4. The van der Waals surface area contributed by atoms with Crippen LogP contribution >= 0.6 is 0 Å². The van der Waals surface area contributed by atoms with E-state index in [-0.39, 0.29) is 0 Å². The first kappa shape index (κ1) is 12.0. The maximum Gasteiger partial charge on any atom is 0.143 e. The Hall–Kier alpha value is -1.10. The molecule has 0 unspecified atom stereocenters. The zero-order chi connectivity index (χ0) is 12.4. The molecular weight excluding hydrogens is 228 g/mol. The average molecular weight is 248 g/mol. The maximum absolute atomic E-state index is 5.79. The number of ether oxygens (including phenoxy) is 2. The zero-order valence-electron chi connectivity index (χ0n) is 10.9. The second kappa shape index (κ2) is 5.26. The summed E-state index contributed by atoms with van der Waals surface area (Å²) in [6.45, 7) is 7.45. The molecule has 1 aromatic carbocycles. The minimum atomic E-state index is 0.673. The molecule has 2 heterocycles. The van der Waals surface area contributed by atoms with Crippen molar-refractivity contribution in [3.8, 4) is 5.75 Å². The first-order valence-corrected chi connectivity index (χ1v) is 6.56. The van der Waals surface area contributed by atoms with Gasteiger partial charge in [0.2, 0.25) is 0 Å². The minimum Gasteiger partial charge on any atom is -0.478 e. The van der Waals surface area contributed by atoms with Gasteiger partial charge in [0.05, 0.1) is 13.4 Å². The lowest BCUT2D eigenvalue weighted by Crippen LogP contribution is -2.44. The van der Waals surface area contributed by atoms with Gasteiger partial charge in [0.1, 0.15) is 12.5 Å². The molecule has 0 saturated carbocycles. The summed E-state index contributed by atoms with van der Waals surface area (Å²) in [6.07, 6.45) is 1.13. The van der Waals surface area contributed by atoms with Crippen molar-refractivity contribution in [3.63, 3.8) is 0 Å². The lowest BCUT2D eigenvalue weighted by Gasteiger charge is -2.35. The van der Waals surface area contributed by atoms with Crippen LogP contribution in [-0.2, 0) is 11.3 Å². The SMILES string of the molecule is Cc1ccc2c(c1)CN(CN1CCCOC1)CO2. The first-order chi connectivity index (χ1) is 8.81. The molecule has 2 aliphatic heterocycles. The lowest BCUT2D eigenvalue weighted by molar-refractivity contribution is -0.0559. The quantitative estimate of drug-likeness (QED) is 0.796. The molecule has 2 aliphatic rings. The summed E-state index contributed by atoms with van der Waals surface area (Å²) < 4.78 is 11.3. The lowest BCUT2D eigenvalue weighted by atomic mass is 10.1. The van der Waals surface area contributed by atoms with E-state index < -0.39 is 0 Å². The highest BCUT2D eigenvalue weighted by atomic mass is 16.5. The molecule has 0 amide bonds. The molecule has 0 N–H and O–H groups in total. The monoisotopic (exact) mass is 248 g/mol. The summed E-state index contributed by atoms with van der Waals surface area (Å²) in [5.74, 6) is 1.03. The van der Waals surface area contributed by atoms with E-state index in [0.29, 0.717) is 6.73 Å². The maximum atomic E-state index is 5.79. The van der Waals surface area contributed by atoms with Gasteiger partial charge in [0.25, 0.3) is 0 Å². The highest BCUT2D eigenvalue weighted by Crippen LogP contribution is 2.25. The third-order valence-corrected chi connectivity index (χ3v) is 3.45. The summed E-state index contributed by atoms with van der Waals surface area (Å²) in [4.78, 5) is 4.64. The summed E-state index contributed by atoms with van der Waals surface area (Å²) in [5.41, 5.74) is 2.58. The van der Waals surface area contributed by atoms with E-state index in [9.17, 15) is 0 Å². The normalized spacial score (nSPS) is 21.4. The standard InChI is InChI=1S/C14H20N2O2/c1-12-3-4-14-13(7-12)8-16(11-18-14)9-15-5-2-6-17-10-15/h3-4,7H,2,5-6,8-11H2,1H3. The van der Waals surface area contributed by atoms with Gasteiger partial charge in [-0.25, -0.2) is 0 Å². The van der Waals surface area contributed by atoms with Crippen LogP contribution in [0.4, 0.5) is 0 Å². The van der Waals surface area contributed by atoms with Gasteiger partial charge in [-0.2, -0.15) is 0 Å². The molecule has 18 heavy (non-hydrogen) atoms. The fourth-order valence-corrected chi connectivity index (χ4v) is 2.55. The second-order valence-corrected chi connectivity index (χ2v) is 5.14. The number of hydrogen-bond donors (Lipinski definition) is 0. The predicted octanol–water partition coefficient (Wildman–Crippen LogP) is 1.78. The van der Waals surface area contributed by atoms with Crippen LogP contribution < -0.4 is 4.74 Å². The topological polar surface area (TPSA) is 24.9 Å². The third kappa shape index (κ3) is 2.66. The van der Waals surface area contributed by atoms with Crippen LogP contribution in [0.3, 0.4) is 0 Å². The van der Waals surface area contributed by atoms with Crippen LogP contribution in [0.25, 0.3) is 0 Å². The van der Waals surface area contributed by atoms with Crippen molar-refractivity contribution >= 4 is 0 Å². The molecule has 1 saturated heterocycles. The second-order valence-electron chi connectivity index (χ2n) is 5.14. The summed E-state index contributed by atoms with van der Waals surface area (Å²) in [6, 6.07) is 6.40. The first-order valence-electron chi connectivity index (χ1n) is 6.56. The van der Waals surface area contributed by atoms with Gasteiger partial charge in [0, 0.05) is 25.3 Å². The van der Waals surface area contributed by atoms with Crippen LogP contribution in [0.15, 0.2) is 18.2 Å². The number of nitrogens with zero attached hydrogens (tertiary/aromatic N) is 2. The fraction of sp³-hybridized carbons (Fsp3) is 0.571. The molecule has 0 aromatic heterocycles. The third-order valence-electron chi connectivity index (χ3n) is 3.45. The van der Waals surface area contributed by atoms with Gasteiger partial charge < -0.3 is 9.47 Å². The molecule has 0 atom stereocenters. The van der Waals surface area contributed by atoms with E-state index in [1.165, 1.54) is 11.1 Å². The van der Waals surface area contributed by atoms with Gasteiger partial charge in [-0.15, -0.1) is 0 Å². The highest BCUT2D eigenvalue weighted by molar-refractivity contribution is 5.37. The fourth-order valence-electron chi connectivity index (χ4n) is 2.55. The minimum absolute atomic E-state index is 0.673. The van der Waals surface area contributed by atoms with Crippen molar-refractivity contribution in [2.45, 2.75) is 19.9 Å². The van der Waals surface area contributed by atoms with Crippen LogP contribution in [0.5, 0.6) is 5.75 Å². The van der Waals surface area contributed by atoms with E-state index in [2.05, 4.69) is 34.9 Å². The van der Waals surface area contributed by atoms with Crippen molar-refractivity contribution in [1.29, 1.82) is 0 Å². The molecule has 4 nitrogen and oxygen atoms in total. The molecule has 0 bridgehead atoms. The van der Waals surface area contributed by atoms with Crippen molar-refractivity contribution in [2.24, 2.45) is 0 Å². The number of rotatable bonds is 2. The smallest absolute Gasteiger partial charge is 0.143 e. The van der Waals surface area contributed by atoms with Crippen molar-refractivity contribution in [1.82, 2.24) is 9.80 Å². The molecular formula is C14H20N2O2. The zero-order valence-corrected chi connectivity index (χ0v) is 10.9. The predicted molar refractivity (Wildman–Crippen MR) is 69.2 cm³/mol. The Morgan fingerprint density at radius 2 is 2.17 bits per heavy atom. The van der Waals surface area contributed by atoms with E-state index in [4.69, 9.17) is 9.47 Å². The Morgan fingerprint density at radius 1 is 1.22 bits per heavy atom. The van der Waals surface area contributed by atoms with Crippen molar-refractivity contribution < 1.29 is 9.47 Å². The number of benzene rings is 1. The summed E-state index contributed by atoms with van der Waals surface area (Å²) >= 11 is 0. The van der Waals surface area contributed by atoms with Gasteiger partial charge in [0.15, 0.2) is 0 Å². The highest BCUT2D eigenvalue weighted by Gasteiger charge is 2.20. The molecule has 98 valence electrons. The molecule has 3 rings (SSSR count). The van der Waals surface area contributed by atoms with Gasteiger partial charge in [-0.1, -0.05) is 17.7 Å². The molecule has 4 heteroatoms. The Labute approximate surface area is 108 Å². The largest absolute Gasteiger partial charge is 0.478 e. The summed E-state index contributed by atoms with van der Waals surface area (Å²) in [5, 5.41) is 0. The van der Waals surface area contributed by atoms with Crippen LogP contribution in [0.1, 0.15) is 17.5 Å². The van der Waals surface area contributed by atoms with E-state index in [1.807, 2.05) is 0 Å². The van der Waals surface area contributed by atoms with Gasteiger partial charge >= 0.3 is 0 Å². The number of fused-ring (bicyclic) bond motifs is 1. The van der Waals surface area contributed by atoms with Crippen LogP contribution in [0, 0.1) is 6.92 Å². The number of aryl methyl sites for hydroxylation is 1. The van der Waals surface area contributed by atoms with Crippen LogP contribution in [-0.4, -0.2) is 43.1 Å². The molecule has 0 spiro atoms. The Morgan fingerprint density at radius 3 is 3.00 bits per heavy atom. The Bertz CT molecular complexity index is 416. The average Bonchev–Trinajstić information content (AvgIpc) is 2.39. The Kier molecular flexibility index (Phi) is 3.50. The molecule has 0 radical (unpaired) electrons. The molecule has 1 aromatic rings. The molecule has 0 aliphatic carbocycles.